The summed E-state index contributed by atoms with van der Waals surface area (Å²) in [7, 11) is 0. The van der Waals surface area contributed by atoms with Crippen molar-refractivity contribution in [3.05, 3.63) is 181 Å². The topological polar surface area (TPSA) is 15.7 Å². The van der Waals surface area contributed by atoms with Crippen molar-refractivity contribution in [3.63, 3.8) is 0 Å². The van der Waals surface area contributed by atoms with Gasteiger partial charge in [-0.2, -0.15) is 0 Å². The molecule has 3 nitrogen and oxygen atoms in total. The third kappa shape index (κ3) is 4.80. The maximum absolute atomic E-state index is 6.71. The molecule has 0 unspecified atom stereocenters. The van der Waals surface area contributed by atoms with E-state index in [4.69, 9.17) is 4.74 Å². The molecule has 0 fully saturated rings. The lowest BCUT2D eigenvalue weighted by atomic mass is 9.43. The fraction of sp³-hybridized carbons (Fsp3) is 0.0732. The second kappa shape index (κ2) is 11.5. The van der Waals surface area contributed by atoms with Gasteiger partial charge in [0.05, 0.1) is 0 Å². The summed E-state index contributed by atoms with van der Waals surface area (Å²) in [5.41, 5.74) is 9.22. The first kappa shape index (κ1) is 28.1. The van der Waals surface area contributed by atoms with Crippen LogP contribution in [0.5, 0.6) is 11.5 Å². The Balaban J connectivity index is 1.30. The quantitative estimate of drug-likeness (QED) is 0.187. The van der Waals surface area contributed by atoms with Crippen LogP contribution in [0.1, 0.15) is 25.0 Å². The Morgan fingerprint density at radius 2 is 1.17 bits per heavy atom. The summed E-state index contributed by atoms with van der Waals surface area (Å²) in [4.78, 5) is 2.38. The lowest BCUT2D eigenvalue weighted by molar-refractivity contribution is 0.419. The molecule has 0 amide bonds. The predicted molar refractivity (Wildman–Crippen MR) is 195 cm³/mol. The van der Waals surface area contributed by atoms with Crippen LogP contribution >= 0.6 is 0 Å². The number of fused-ring (bicyclic) bond motifs is 2. The van der Waals surface area contributed by atoms with Crippen LogP contribution in [0.25, 0.3) is 11.1 Å². The van der Waals surface area contributed by atoms with E-state index in [2.05, 4.69) is 193 Å². The number of rotatable bonds is 5. The standard InChI is InChI=1S/C41H34B2N2O/c1-41(2)37-25-12-13-27-39(37)46-40-36(24-15-26-38(40)41)31-16-14-23-35(30-31)45-42(32-17-6-3-7-18-32)28-29-44(34-21-10-5-11-22-34)43(45)33-19-8-4-9-20-33/h3-30H,1-2H3. The fourth-order valence-electron chi connectivity index (χ4n) is 7.16. The van der Waals surface area contributed by atoms with E-state index in [0.717, 1.165) is 34.0 Å². The van der Waals surface area contributed by atoms with E-state index in [1.807, 2.05) is 0 Å². The van der Waals surface area contributed by atoms with Crippen LogP contribution in [0.2, 0.25) is 0 Å². The Hall–Kier alpha value is -5.41. The van der Waals surface area contributed by atoms with Gasteiger partial charge < -0.3 is 14.3 Å². The first-order valence-electron chi connectivity index (χ1n) is 16.0. The van der Waals surface area contributed by atoms with Crippen molar-refractivity contribution in [2.24, 2.45) is 0 Å². The third-order valence-corrected chi connectivity index (χ3v) is 9.46. The molecule has 0 radical (unpaired) electrons. The molecule has 220 valence electrons. The van der Waals surface area contributed by atoms with Gasteiger partial charge in [-0.1, -0.05) is 153 Å². The van der Waals surface area contributed by atoms with Crippen molar-refractivity contribution < 1.29 is 4.74 Å². The normalized spacial score (nSPS) is 14.8. The molecule has 0 aliphatic carbocycles. The van der Waals surface area contributed by atoms with Crippen LogP contribution in [0.3, 0.4) is 0 Å². The Labute approximate surface area is 272 Å². The molecule has 0 N–H and O–H groups in total. The minimum absolute atomic E-state index is 0.0216. The Bertz CT molecular complexity index is 2030. The van der Waals surface area contributed by atoms with Gasteiger partial charge in [-0.3, -0.25) is 0 Å². The van der Waals surface area contributed by atoms with E-state index in [9.17, 15) is 0 Å². The Kier molecular flexibility index (Phi) is 7.02. The second-order valence-electron chi connectivity index (χ2n) is 12.6. The molecule has 46 heavy (non-hydrogen) atoms. The Morgan fingerprint density at radius 1 is 0.565 bits per heavy atom. The molecule has 0 saturated carbocycles. The zero-order valence-electron chi connectivity index (χ0n) is 26.1. The molecule has 0 aromatic heterocycles. The second-order valence-corrected chi connectivity index (χ2v) is 12.6. The Morgan fingerprint density at radius 3 is 1.93 bits per heavy atom. The molecule has 6 aromatic rings. The molecule has 0 atom stereocenters. The number of benzene rings is 6. The smallest absolute Gasteiger partial charge is 0.403 e. The van der Waals surface area contributed by atoms with Gasteiger partial charge >= 0.3 is 13.8 Å². The summed E-state index contributed by atoms with van der Waals surface area (Å²) in [5.74, 6) is 4.19. The number of anilines is 2. The van der Waals surface area contributed by atoms with Crippen molar-refractivity contribution in [2.45, 2.75) is 19.3 Å². The number of nitrogens with zero attached hydrogens (tertiary/aromatic N) is 2. The van der Waals surface area contributed by atoms with E-state index in [0.29, 0.717) is 0 Å². The van der Waals surface area contributed by atoms with E-state index in [-0.39, 0.29) is 19.2 Å². The van der Waals surface area contributed by atoms with Crippen molar-refractivity contribution >= 4 is 36.1 Å². The summed E-state index contributed by atoms with van der Waals surface area (Å²) in [5, 5.41) is 0. The fourth-order valence-corrected chi connectivity index (χ4v) is 7.16. The maximum Gasteiger partial charge on any atom is 0.403 e. The van der Waals surface area contributed by atoms with Gasteiger partial charge in [-0.05, 0) is 47.6 Å². The minimum atomic E-state index is -0.178. The molecule has 2 aliphatic heterocycles. The van der Waals surface area contributed by atoms with Crippen LogP contribution in [-0.2, 0) is 5.41 Å². The summed E-state index contributed by atoms with van der Waals surface area (Å²) in [6.07, 6.45) is 2.26. The lowest BCUT2D eigenvalue weighted by Gasteiger charge is -2.44. The van der Waals surface area contributed by atoms with Crippen LogP contribution in [0, 0.1) is 0 Å². The highest BCUT2D eigenvalue weighted by Gasteiger charge is 2.42. The van der Waals surface area contributed by atoms with E-state index >= 15 is 0 Å². The monoisotopic (exact) mass is 592 g/mol. The zero-order chi connectivity index (χ0) is 31.1. The number of para-hydroxylation sites is 3. The summed E-state index contributed by atoms with van der Waals surface area (Å²) < 4.78 is 9.26. The molecule has 0 spiro atoms. The average Bonchev–Trinajstić information content (AvgIpc) is 3.12. The number of hydrogen-bond donors (Lipinski definition) is 0. The predicted octanol–water partition coefficient (Wildman–Crippen LogP) is 8.46. The minimum Gasteiger partial charge on any atom is -0.456 e. The lowest BCUT2D eigenvalue weighted by Crippen LogP contribution is -2.68. The summed E-state index contributed by atoms with van der Waals surface area (Å²) in [6.45, 7) is 4.52. The highest BCUT2D eigenvalue weighted by Crippen LogP contribution is 2.51. The average molecular weight is 592 g/mol. The molecule has 0 bridgehead atoms. The highest BCUT2D eigenvalue weighted by atomic mass is 16.5. The van der Waals surface area contributed by atoms with Gasteiger partial charge in [-0.15, -0.1) is 0 Å². The largest absolute Gasteiger partial charge is 0.456 e. The summed E-state index contributed by atoms with van der Waals surface area (Å²) >= 11 is 0. The van der Waals surface area contributed by atoms with Gasteiger partial charge in [0.15, 0.2) is 0 Å². The first-order valence-corrected chi connectivity index (χ1v) is 16.0. The number of ether oxygens (including phenoxy) is 1. The van der Waals surface area contributed by atoms with Gasteiger partial charge in [0.25, 0.3) is 0 Å². The van der Waals surface area contributed by atoms with E-state index in [1.54, 1.807) is 0 Å². The SMILES string of the molecule is CC1(C)c2ccccc2Oc2c(-c3cccc(N4B(c5ccccc5)C=CN(c5ccccc5)B4c4ccccc4)c3)cccc21. The molecule has 2 heterocycles. The van der Waals surface area contributed by atoms with Crippen molar-refractivity contribution in [2.75, 3.05) is 9.53 Å². The molecule has 8 rings (SSSR count). The van der Waals surface area contributed by atoms with Crippen LogP contribution in [-0.4, -0.2) is 13.8 Å². The van der Waals surface area contributed by atoms with Crippen molar-refractivity contribution in [3.8, 4) is 22.6 Å². The van der Waals surface area contributed by atoms with Crippen LogP contribution < -0.4 is 25.2 Å². The third-order valence-electron chi connectivity index (χ3n) is 9.46. The van der Waals surface area contributed by atoms with Crippen LogP contribution in [0.4, 0.5) is 11.4 Å². The molecular formula is C41H34B2N2O. The molecular weight excluding hydrogens is 558 g/mol. The summed E-state index contributed by atoms with van der Waals surface area (Å²) in [6, 6.07) is 56.3. The maximum atomic E-state index is 6.71. The first-order chi connectivity index (χ1) is 22.6. The van der Waals surface area contributed by atoms with E-state index < -0.39 is 0 Å². The van der Waals surface area contributed by atoms with Gasteiger partial charge in [0.1, 0.15) is 11.5 Å². The van der Waals surface area contributed by atoms with Crippen LogP contribution in [0.15, 0.2) is 170 Å². The zero-order valence-corrected chi connectivity index (χ0v) is 26.1. The van der Waals surface area contributed by atoms with Gasteiger partial charge in [-0.25, -0.2) is 0 Å². The number of hydrogen-bond acceptors (Lipinski definition) is 3. The van der Waals surface area contributed by atoms with E-state index in [1.165, 1.54) is 22.1 Å². The molecule has 6 aromatic carbocycles. The molecule has 0 saturated heterocycles. The van der Waals surface area contributed by atoms with Gasteiger partial charge in [0.2, 0.25) is 0 Å². The van der Waals surface area contributed by atoms with Gasteiger partial charge in [0, 0.05) is 33.5 Å². The van der Waals surface area contributed by atoms with Crippen molar-refractivity contribution in [1.82, 2.24) is 0 Å². The van der Waals surface area contributed by atoms with Crippen molar-refractivity contribution in [1.29, 1.82) is 0 Å². The molecule has 2 aliphatic rings. The highest BCUT2D eigenvalue weighted by molar-refractivity contribution is 6.99. The molecule has 5 heteroatoms.